The number of fused-ring (bicyclic) bond motifs is 1. The molecule has 0 unspecified atom stereocenters. The Labute approximate surface area is 153 Å². The van der Waals surface area contributed by atoms with Gasteiger partial charge >= 0.3 is 0 Å². The second-order valence-electron chi connectivity index (χ2n) is 6.78. The predicted octanol–water partition coefficient (Wildman–Crippen LogP) is 1.68. The molecule has 2 aromatic rings. The van der Waals surface area contributed by atoms with Crippen LogP contribution in [0.5, 0.6) is 0 Å². The van der Waals surface area contributed by atoms with Crippen molar-refractivity contribution in [3.8, 4) is 17.5 Å². The molecule has 0 saturated carbocycles. The van der Waals surface area contributed by atoms with Gasteiger partial charge in [0.2, 0.25) is 5.95 Å². The highest BCUT2D eigenvalue weighted by atomic mass is 16.5. The fraction of sp³-hybridized carbons (Fsp3) is 0.421. The highest BCUT2D eigenvalue weighted by molar-refractivity contribution is 5.66. The van der Waals surface area contributed by atoms with Crippen LogP contribution >= 0.6 is 0 Å². The van der Waals surface area contributed by atoms with E-state index in [9.17, 15) is 5.26 Å². The molecule has 7 heteroatoms. The van der Waals surface area contributed by atoms with Gasteiger partial charge in [-0.3, -0.25) is 0 Å². The molecule has 2 aliphatic heterocycles. The number of benzene rings is 1. The minimum atomic E-state index is 0.126. The topological polar surface area (TPSA) is 77.3 Å². The molecule has 26 heavy (non-hydrogen) atoms. The Morgan fingerprint density at radius 3 is 2.88 bits per heavy atom. The number of nitrogens with one attached hydrogen (secondary N) is 1. The van der Waals surface area contributed by atoms with E-state index in [2.05, 4.69) is 28.4 Å². The van der Waals surface area contributed by atoms with E-state index in [0.29, 0.717) is 25.6 Å². The van der Waals surface area contributed by atoms with Gasteiger partial charge in [0.25, 0.3) is 0 Å². The van der Waals surface area contributed by atoms with Gasteiger partial charge in [-0.1, -0.05) is 30.3 Å². The lowest BCUT2D eigenvalue weighted by atomic mass is 10.1. The van der Waals surface area contributed by atoms with Gasteiger partial charge in [-0.2, -0.15) is 5.26 Å². The first kappa shape index (κ1) is 16.8. The summed E-state index contributed by atoms with van der Waals surface area (Å²) in [5.74, 6) is 0.596. The highest BCUT2D eigenvalue weighted by Gasteiger charge is 2.25. The van der Waals surface area contributed by atoms with Crippen LogP contribution in [0.3, 0.4) is 0 Å². The quantitative estimate of drug-likeness (QED) is 0.841. The van der Waals surface area contributed by atoms with Gasteiger partial charge in [-0.25, -0.2) is 9.97 Å². The minimum absolute atomic E-state index is 0.126. The number of hydrogen-bond acceptors (Lipinski definition) is 7. The monoisotopic (exact) mass is 350 g/mol. The standard InChI is InChI=1S/C19H22N6O/c1-24-7-8-26-15(10-24)9-21-19-22-17-12-25(13-20)11-16(17)18(23-19)14-5-3-2-4-6-14/h2-6,15H,7-12H2,1H3,(H,21,22,23)/t15-/m1/s1. The Kier molecular flexibility index (Phi) is 4.69. The van der Waals surface area contributed by atoms with Crippen LogP contribution in [0.1, 0.15) is 11.3 Å². The molecule has 0 amide bonds. The van der Waals surface area contributed by atoms with Gasteiger partial charge in [0.1, 0.15) is 0 Å². The Bertz CT molecular complexity index is 819. The summed E-state index contributed by atoms with van der Waals surface area (Å²) in [4.78, 5) is 13.4. The van der Waals surface area contributed by atoms with Crippen molar-refractivity contribution in [1.29, 1.82) is 5.26 Å². The summed E-state index contributed by atoms with van der Waals surface area (Å²) in [6, 6.07) is 10.1. The molecular formula is C19H22N6O. The number of anilines is 1. The van der Waals surface area contributed by atoms with Gasteiger partial charge in [0.05, 0.1) is 37.2 Å². The largest absolute Gasteiger partial charge is 0.374 e. The summed E-state index contributed by atoms with van der Waals surface area (Å²) < 4.78 is 5.80. The maximum atomic E-state index is 9.26. The van der Waals surface area contributed by atoms with Gasteiger partial charge in [-0.15, -0.1) is 0 Å². The van der Waals surface area contributed by atoms with Crippen LogP contribution in [0.25, 0.3) is 11.3 Å². The molecule has 4 rings (SSSR count). The van der Waals surface area contributed by atoms with Crippen LogP contribution in [-0.2, 0) is 17.8 Å². The number of morpholine rings is 1. The number of hydrogen-bond donors (Lipinski definition) is 1. The van der Waals surface area contributed by atoms with Gasteiger partial charge in [0, 0.05) is 30.8 Å². The van der Waals surface area contributed by atoms with Crippen molar-refractivity contribution < 1.29 is 4.74 Å². The molecule has 1 saturated heterocycles. The maximum Gasteiger partial charge on any atom is 0.223 e. The van der Waals surface area contributed by atoms with Gasteiger partial charge < -0.3 is 19.9 Å². The molecule has 1 aromatic heterocycles. The first-order valence-electron chi connectivity index (χ1n) is 8.87. The molecule has 7 nitrogen and oxygen atoms in total. The van der Waals surface area contributed by atoms with E-state index in [1.54, 1.807) is 4.90 Å². The van der Waals surface area contributed by atoms with Crippen LogP contribution in [-0.4, -0.2) is 59.2 Å². The van der Waals surface area contributed by atoms with Crippen LogP contribution in [0.4, 0.5) is 5.95 Å². The molecule has 1 fully saturated rings. The molecule has 134 valence electrons. The SMILES string of the molecule is CN1CCO[C@H](CNc2nc3c(c(-c4ccccc4)n2)CN(C#N)C3)C1. The Morgan fingerprint density at radius 1 is 1.27 bits per heavy atom. The van der Waals surface area contributed by atoms with E-state index in [1.807, 2.05) is 30.3 Å². The molecule has 1 aromatic carbocycles. The van der Waals surface area contributed by atoms with Crippen molar-refractivity contribution in [3.05, 3.63) is 41.6 Å². The smallest absolute Gasteiger partial charge is 0.223 e. The predicted molar refractivity (Wildman–Crippen MR) is 98.1 cm³/mol. The van der Waals surface area contributed by atoms with Crippen molar-refractivity contribution in [2.45, 2.75) is 19.2 Å². The number of likely N-dealkylation sites (N-methyl/N-ethyl adjacent to an activating group) is 1. The van der Waals surface area contributed by atoms with Crippen LogP contribution in [0.2, 0.25) is 0 Å². The third-order valence-electron chi connectivity index (χ3n) is 4.80. The van der Waals surface area contributed by atoms with E-state index < -0.39 is 0 Å². The van der Waals surface area contributed by atoms with E-state index in [0.717, 1.165) is 42.2 Å². The number of aromatic nitrogens is 2. The molecule has 0 spiro atoms. The number of nitrogens with zero attached hydrogens (tertiary/aromatic N) is 5. The summed E-state index contributed by atoms with van der Waals surface area (Å²) in [5, 5.41) is 12.6. The lowest BCUT2D eigenvalue weighted by molar-refractivity contribution is -0.0117. The summed E-state index contributed by atoms with van der Waals surface area (Å²) in [7, 11) is 2.10. The van der Waals surface area contributed by atoms with Gasteiger partial charge in [0.15, 0.2) is 6.19 Å². The fourth-order valence-electron chi connectivity index (χ4n) is 3.43. The number of nitriles is 1. The van der Waals surface area contributed by atoms with Crippen LogP contribution in [0, 0.1) is 11.5 Å². The maximum absolute atomic E-state index is 9.26. The van der Waals surface area contributed by atoms with E-state index in [1.165, 1.54) is 0 Å². The molecule has 0 bridgehead atoms. The van der Waals surface area contributed by atoms with Crippen molar-refractivity contribution in [1.82, 2.24) is 19.8 Å². The normalized spacial score (nSPS) is 19.8. The zero-order chi connectivity index (χ0) is 17.9. The van der Waals surface area contributed by atoms with Crippen LogP contribution in [0.15, 0.2) is 30.3 Å². The Balaban J connectivity index is 1.59. The van der Waals surface area contributed by atoms with E-state index >= 15 is 0 Å². The number of rotatable bonds is 4. The first-order valence-corrected chi connectivity index (χ1v) is 8.87. The molecule has 1 atom stereocenters. The van der Waals surface area contributed by atoms with E-state index in [4.69, 9.17) is 9.72 Å². The zero-order valence-corrected chi connectivity index (χ0v) is 14.9. The van der Waals surface area contributed by atoms with Gasteiger partial charge in [-0.05, 0) is 7.05 Å². The number of ether oxygens (including phenoxy) is 1. The van der Waals surface area contributed by atoms with Crippen molar-refractivity contribution in [2.75, 3.05) is 38.6 Å². The molecule has 1 N–H and O–H groups in total. The summed E-state index contributed by atoms with van der Waals surface area (Å²) in [6.45, 7) is 4.37. The second-order valence-corrected chi connectivity index (χ2v) is 6.78. The van der Waals surface area contributed by atoms with Crippen LogP contribution < -0.4 is 5.32 Å². The molecule has 3 heterocycles. The lowest BCUT2D eigenvalue weighted by Gasteiger charge is -2.30. The molecule has 0 radical (unpaired) electrons. The lowest BCUT2D eigenvalue weighted by Crippen LogP contribution is -2.43. The summed E-state index contributed by atoms with van der Waals surface area (Å²) >= 11 is 0. The highest BCUT2D eigenvalue weighted by Crippen LogP contribution is 2.31. The third kappa shape index (κ3) is 3.47. The average molecular weight is 350 g/mol. The third-order valence-corrected chi connectivity index (χ3v) is 4.80. The molecular weight excluding hydrogens is 328 g/mol. The first-order chi connectivity index (χ1) is 12.7. The zero-order valence-electron chi connectivity index (χ0n) is 14.9. The van der Waals surface area contributed by atoms with Crippen molar-refractivity contribution in [2.24, 2.45) is 0 Å². The molecule has 0 aliphatic carbocycles. The van der Waals surface area contributed by atoms with E-state index in [-0.39, 0.29) is 6.10 Å². The van der Waals surface area contributed by atoms with Crippen molar-refractivity contribution >= 4 is 5.95 Å². The summed E-state index contributed by atoms with van der Waals surface area (Å²) in [5.41, 5.74) is 3.90. The second kappa shape index (κ2) is 7.28. The fourth-order valence-corrected chi connectivity index (χ4v) is 3.43. The molecule has 2 aliphatic rings. The Morgan fingerprint density at radius 2 is 2.12 bits per heavy atom. The Hall–Kier alpha value is -2.69. The average Bonchev–Trinajstić information content (AvgIpc) is 3.10. The summed E-state index contributed by atoms with van der Waals surface area (Å²) in [6.07, 6.45) is 2.34. The minimum Gasteiger partial charge on any atom is -0.374 e. The van der Waals surface area contributed by atoms with Crippen molar-refractivity contribution in [3.63, 3.8) is 0 Å².